The number of anilines is 1. The van der Waals surface area contributed by atoms with Gasteiger partial charge in [0.2, 0.25) is 0 Å². The first-order valence-electron chi connectivity index (χ1n) is 6.17. The average molecular weight is 314 g/mol. The predicted octanol–water partition coefficient (Wildman–Crippen LogP) is 2.97. The molecule has 1 heterocycles. The largest absolute Gasteiger partial charge is 0.276 e. The van der Waals surface area contributed by atoms with Crippen molar-refractivity contribution in [2.45, 2.75) is 32.2 Å². The SMILES string of the molecule is CCn1nc(C)c(NS(=O)(=O)c2ccc(Cl)cc2)c1C. The van der Waals surface area contributed by atoms with Crippen LogP contribution in [0.2, 0.25) is 5.02 Å². The molecule has 1 aromatic carbocycles. The minimum Gasteiger partial charge on any atom is -0.276 e. The molecule has 0 atom stereocenters. The molecule has 1 aromatic heterocycles. The summed E-state index contributed by atoms with van der Waals surface area (Å²) in [5.74, 6) is 0. The van der Waals surface area contributed by atoms with Gasteiger partial charge in [0.15, 0.2) is 0 Å². The summed E-state index contributed by atoms with van der Waals surface area (Å²) in [6.45, 7) is 6.26. The fourth-order valence-corrected chi connectivity index (χ4v) is 3.26. The maximum absolute atomic E-state index is 12.3. The Hall–Kier alpha value is -1.53. The zero-order valence-electron chi connectivity index (χ0n) is 11.5. The lowest BCUT2D eigenvalue weighted by Crippen LogP contribution is -2.14. The first kappa shape index (κ1) is 14.9. The highest BCUT2D eigenvalue weighted by Gasteiger charge is 2.19. The van der Waals surface area contributed by atoms with Gasteiger partial charge in [0.25, 0.3) is 10.0 Å². The van der Waals surface area contributed by atoms with Gasteiger partial charge in [-0.05, 0) is 45.0 Å². The Labute approximate surface area is 123 Å². The highest BCUT2D eigenvalue weighted by molar-refractivity contribution is 7.92. The molecule has 0 fully saturated rings. The van der Waals surface area contributed by atoms with E-state index >= 15 is 0 Å². The molecular formula is C13H16ClN3O2S. The van der Waals surface area contributed by atoms with Crippen LogP contribution in [0.25, 0.3) is 0 Å². The van der Waals surface area contributed by atoms with Crippen molar-refractivity contribution in [2.24, 2.45) is 0 Å². The number of halogens is 1. The molecule has 2 rings (SSSR count). The molecule has 0 unspecified atom stereocenters. The van der Waals surface area contributed by atoms with E-state index < -0.39 is 10.0 Å². The number of nitrogens with zero attached hydrogens (tertiary/aromatic N) is 2. The predicted molar refractivity (Wildman–Crippen MR) is 79.6 cm³/mol. The molecule has 0 bridgehead atoms. The Morgan fingerprint density at radius 3 is 2.35 bits per heavy atom. The van der Waals surface area contributed by atoms with Crippen LogP contribution in [0, 0.1) is 13.8 Å². The smallest absolute Gasteiger partial charge is 0.262 e. The van der Waals surface area contributed by atoms with E-state index in [0.717, 1.165) is 5.69 Å². The van der Waals surface area contributed by atoms with Crippen molar-refractivity contribution in [3.63, 3.8) is 0 Å². The average Bonchev–Trinajstić information content (AvgIpc) is 2.66. The molecule has 108 valence electrons. The van der Waals surface area contributed by atoms with Gasteiger partial charge in [-0.25, -0.2) is 8.42 Å². The zero-order chi connectivity index (χ0) is 14.9. The van der Waals surface area contributed by atoms with Crippen molar-refractivity contribution in [3.05, 3.63) is 40.7 Å². The lowest BCUT2D eigenvalue weighted by Gasteiger charge is -2.08. The monoisotopic (exact) mass is 313 g/mol. The topological polar surface area (TPSA) is 64.0 Å². The summed E-state index contributed by atoms with van der Waals surface area (Å²) in [6.07, 6.45) is 0. The number of sulfonamides is 1. The van der Waals surface area contributed by atoms with E-state index in [1.54, 1.807) is 23.7 Å². The van der Waals surface area contributed by atoms with Crippen LogP contribution in [0.15, 0.2) is 29.2 Å². The molecule has 2 aromatic rings. The first-order valence-corrected chi connectivity index (χ1v) is 8.03. The first-order chi connectivity index (χ1) is 9.35. The standard InChI is InChI=1S/C13H16ClN3O2S/c1-4-17-10(3)13(9(2)15-17)16-20(18,19)12-7-5-11(14)6-8-12/h5-8,16H,4H2,1-3H3. The third kappa shape index (κ3) is 2.81. The summed E-state index contributed by atoms with van der Waals surface area (Å²) in [5.41, 5.74) is 1.98. The maximum atomic E-state index is 12.3. The van der Waals surface area contributed by atoms with Crippen LogP contribution >= 0.6 is 11.6 Å². The number of rotatable bonds is 4. The number of aryl methyl sites for hydroxylation is 2. The number of nitrogens with one attached hydrogen (secondary N) is 1. The van der Waals surface area contributed by atoms with E-state index in [-0.39, 0.29) is 4.90 Å². The molecule has 0 radical (unpaired) electrons. The van der Waals surface area contributed by atoms with Gasteiger partial charge in [-0.2, -0.15) is 5.10 Å². The van der Waals surface area contributed by atoms with E-state index in [4.69, 9.17) is 11.6 Å². The highest BCUT2D eigenvalue weighted by atomic mass is 35.5. The summed E-state index contributed by atoms with van der Waals surface area (Å²) < 4.78 is 29.0. The zero-order valence-corrected chi connectivity index (χ0v) is 13.1. The molecule has 0 saturated heterocycles. The summed E-state index contributed by atoms with van der Waals surface area (Å²) in [4.78, 5) is 0.171. The third-order valence-corrected chi connectivity index (χ3v) is 4.66. The second-order valence-corrected chi connectivity index (χ2v) is 6.54. The van der Waals surface area contributed by atoms with Crippen molar-refractivity contribution >= 4 is 27.3 Å². The fraction of sp³-hybridized carbons (Fsp3) is 0.308. The van der Waals surface area contributed by atoms with Crippen LogP contribution in [-0.2, 0) is 16.6 Å². The quantitative estimate of drug-likeness (QED) is 0.943. The summed E-state index contributed by atoms with van der Waals surface area (Å²) in [5, 5.41) is 4.78. The molecule has 0 aliphatic carbocycles. The number of hydrogen-bond donors (Lipinski definition) is 1. The molecule has 0 spiro atoms. The molecular weight excluding hydrogens is 298 g/mol. The fourth-order valence-electron chi connectivity index (χ4n) is 1.96. The molecule has 7 heteroatoms. The second-order valence-electron chi connectivity index (χ2n) is 4.42. The van der Waals surface area contributed by atoms with Gasteiger partial charge in [0.1, 0.15) is 0 Å². The Morgan fingerprint density at radius 1 is 1.25 bits per heavy atom. The second kappa shape index (κ2) is 5.46. The minimum atomic E-state index is -3.63. The molecule has 0 aliphatic rings. The number of hydrogen-bond acceptors (Lipinski definition) is 3. The lowest BCUT2D eigenvalue weighted by molar-refractivity contribution is 0.601. The van der Waals surface area contributed by atoms with E-state index in [1.165, 1.54) is 12.1 Å². The molecule has 5 nitrogen and oxygen atoms in total. The summed E-state index contributed by atoms with van der Waals surface area (Å²) in [7, 11) is -3.63. The van der Waals surface area contributed by atoms with Crippen molar-refractivity contribution in [1.82, 2.24) is 9.78 Å². The van der Waals surface area contributed by atoms with Gasteiger partial charge >= 0.3 is 0 Å². The van der Waals surface area contributed by atoms with Crippen LogP contribution in [0.1, 0.15) is 18.3 Å². The molecule has 0 amide bonds. The van der Waals surface area contributed by atoms with Crippen LogP contribution in [0.4, 0.5) is 5.69 Å². The van der Waals surface area contributed by atoms with Gasteiger partial charge < -0.3 is 0 Å². The Kier molecular flexibility index (Phi) is 4.06. The Balaban J connectivity index is 2.38. The van der Waals surface area contributed by atoms with Crippen molar-refractivity contribution < 1.29 is 8.42 Å². The van der Waals surface area contributed by atoms with Gasteiger partial charge in [-0.15, -0.1) is 0 Å². The van der Waals surface area contributed by atoms with E-state index in [2.05, 4.69) is 9.82 Å². The number of aromatic nitrogens is 2. The molecule has 0 aliphatic heterocycles. The van der Waals surface area contributed by atoms with E-state index in [1.807, 2.05) is 13.8 Å². The van der Waals surface area contributed by atoms with Crippen molar-refractivity contribution in [2.75, 3.05) is 4.72 Å². The highest BCUT2D eigenvalue weighted by Crippen LogP contribution is 2.23. The van der Waals surface area contributed by atoms with Crippen molar-refractivity contribution in [3.8, 4) is 0 Å². The van der Waals surface area contributed by atoms with Gasteiger partial charge in [-0.1, -0.05) is 11.6 Å². The molecule has 0 saturated carbocycles. The van der Waals surface area contributed by atoms with Crippen molar-refractivity contribution in [1.29, 1.82) is 0 Å². The molecule has 20 heavy (non-hydrogen) atoms. The molecule has 1 N–H and O–H groups in total. The van der Waals surface area contributed by atoms with Gasteiger partial charge in [-0.3, -0.25) is 9.40 Å². The van der Waals surface area contributed by atoms with Crippen LogP contribution in [-0.4, -0.2) is 18.2 Å². The normalized spacial score (nSPS) is 11.6. The summed E-state index contributed by atoms with van der Waals surface area (Å²) >= 11 is 5.77. The maximum Gasteiger partial charge on any atom is 0.262 e. The van der Waals surface area contributed by atoms with Gasteiger partial charge in [0.05, 0.1) is 22.0 Å². The number of benzene rings is 1. The van der Waals surface area contributed by atoms with Crippen LogP contribution in [0.3, 0.4) is 0 Å². The van der Waals surface area contributed by atoms with Crippen LogP contribution in [0.5, 0.6) is 0 Å². The summed E-state index contributed by atoms with van der Waals surface area (Å²) in [6, 6.07) is 6.04. The van der Waals surface area contributed by atoms with E-state index in [9.17, 15) is 8.42 Å². The minimum absolute atomic E-state index is 0.171. The van der Waals surface area contributed by atoms with E-state index in [0.29, 0.717) is 22.9 Å². The van der Waals surface area contributed by atoms with Gasteiger partial charge in [0, 0.05) is 11.6 Å². The Bertz CT molecular complexity index is 721. The third-order valence-electron chi connectivity index (χ3n) is 3.04. The Morgan fingerprint density at radius 2 is 1.85 bits per heavy atom. The lowest BCUT2D eigenvalue weighted by atomic mass is 10.3. The van der Waals surface area contributed by atoms with Crippen LogP contribution < -0.4 is 4.72 Å².